The SMILES string of the molecule is CC1CCC2(CC1)OCC(C(=O)O)N2C(=O)c1ccc(C(C)(C)C)cc1. The smallest absolute Gasteiger partial charge is 0.328 e. The van der Waals surface area contributed by atoms with Gasteiger partial charge in [0.2, 0.25) is 0 Å². The van der Waals surface area contributed by atoms with E-state index in [-0.39, 0.29) is 17.9 Å². The van der Waals surface area contributed by atoms with Crippen molar-refractivity contribution in [3.8, 4) is 0 Å². The Labute approximate surface area is 155 Å². The molecule has 0 radical (unpaired) electrons. The molecule has 1 aliphatic heterocycles. The van der Waals surface area contributed by atoms with E-state index in [0.29, 0.717) is 24.3 Å². The number of amides is 1. The third kappa shape index (κ3) is 3.37. The lowest BCUT2D eigenvalue weighted by Gasteiger charge is -2.42. The summed E-state index contributed by atoms with van der Waals surface area (Å²) in [7, 11) is 0. The van der Waals surface area contributed by atoms with Crippen LogP contribution in [0.15, 0.2) is 24.3 Å². The summed E-state index contributed by atoms with van der Waals surface area (Å²) in [6.45, 7) is 8.62. The second-order valence-electron chi connectivity index (χ2n) is 8.80. The highest BCUT2D eigenvalue weighted by atomic mass is 16.5. The van der Waals surface area contributed by atoms with Crippen molar-refractivity contribution < 1.29 is 19.4 Å². The lowest BCUT2D eigenvalue weighted by Crippen LogP contribution is -2.55. The van der Waals surface area contributed by atoms with Crippen molar-refractivity contribution in [2.24, 2.45) is 5.92 Å². The number of rotatable bonds is 2. The molecule has 0 aromatic heterocycles. The van der Waals surface area contributed by atoms with Crippen LogP contribution in [0.2, 0.25) is 0 Å². The van der Waals surface area contributed by atoms with Gasteiger partial charge in [-0.05, 0) is 54.7 Å². The highest BCUT2D eigenvalue weighted by Crippen LogP contribution is 2.43. The average molecular weight is 359 g/mol. The first-order valence-electron chi connectivity index (χ1n) is 9.45. The Morgan fingerprint density at radius 2 is 1.73 bits per heavy atom. The number of hydrogen-bond donors (Lipinski definition) is 1. The fourth-order valence-corrected chi connectivity index (χ4v) is 4.02. The highest BCUT2D eigenvalue weighted by molar-refractivity contribution is 5.97. The fourth-order valence-electron chi connectivity index (χ4n) is 4.02. The van der Waals surface area contributed by atoms with Crippen LogP contribution in [0.25, 0.3) is 0 Å². The van der Waals surface area contributed by atoms with Gasteiger partial charge in [-0.2, -0.15) is 0 Å². The van der Waals surface area contributed by atoms with Crippen molar-refractivity contribution in [3.63, 3.8) is 0 Å². The van der Waals surface area contributed by atoms with Crippen LogP contribution in [0.5, 0.6) is 0 Å². The molecule has 26 heavy (non-hydrogen) atoms. The molecule has 1 unspecified atom stereocenters. The zero-order valence-electron chi connectivity index (χ0n) is 16.1. The van der Waals surface area contributed by atoms with Gasteiger partial charge in [-0.3, -0.25) is 9.69 Å². The molecule has 1 amide bonds. The summed E-state index contributed by atoms with van der Waals surface area (Å²) in [4.78, 5) is 26.5. The van der Waals surface area contributed by atoms with E-state index in [1.54, 1.807) is 12.1 Å². The second kappa shape index (κ2) is 6.69. The molecule has 0 bridgehead atoms. The van der Waals surface area contributed by atoms with Crippen molar-refractivity contribution in [2.75, 3.05) is 6.61 Å². The van der Waals surface area contributed by atoms with Crippen molar-refractivity contribution in [3.05, 3.63) is 35.4 Å². The molecule has 1 atom stereocenters. The Hall–Kier alpha value is -1.88. The molecular formula is C21H29NO4. The first-order chi connectivity index (χ1) is 12.1. The van der Waals surface area contributed by atoms with Crippen LogP contribution in [-0.2, 0) is 14.9 Å². The maximum atomic E-state index is 13.3. The van der Waals surface area contributed by atoms with Gasteiger partial charge in [0.05, 0.1) is 6.61 Å². The van der Waals surface area contributed by atoms with E-state index in [4.69, 9.17) is 4.74 Å². The molecule has 2 aliphatic rings. The number of ether oxygens (including phenoxy) is 1. The monoisotopic (exact) mass is 359 g/mol. The Morgan fingerprint density at radius 1 is 1.15 bits per heavy atom. The van der Waals surface area contributed by atoms with Gasteiger partial charge < -0.3 is 9.84 Å². The molecular weight excluding hydrogens is 330 g/mol. The quantitative estimate of drug-likeness (QED) is 0.872. The van der Waals surface area contributed by atoms with Gasteiger partial charge in [-0.15, -0.1) is 0 Å². The van der Waals surface area contributed by atoms with Crippen molar-refractivity contribution in [2.45, 2.75) is 70.6 Å². The number of carbonyl (C=O) groups excluding carboxylic acids is 1. The van der Waals surface area contributed by atoms with Gasteiger partial charge in [-0.25, -0.2) is 4.79 Å². The molecule has 1 N–H and O–H groups in total. The number of nitrogens with zero attached hydrogens (tertiary/aromatic N) is 1. The van der Waals surface area contributed by atoms with Crippen LogP contribution in [0.1, 0.15) is 69.3 Å². The van der Waals surface area contributed by atoms with Crippen molar-refractivity contribution >= 4 is 11.9 Å². The molecule has 1 aromatic rings. The maximum absolute atomic E-state index is 13.3. The zero-order chi connectivity index (χ0) is 19.1. The number of hydrogen-bond acceptors (Lipinski definition) is 3. The Bertz CT molecular complexity index is 681. The summed E-state index contributed by atoms with van der Waals surface area (Å²) in [5.41, 5.74) is 0.897. The van der Waals surface area contributed by atoms with E-state index >= 15 is 0 Å². The molecule has 2 fully saturated rings. The number of carbonyl (C=O) groups is 2. The highest BCUT2D eigenvalue weighted by Gasteiger charge is 2.53. The Morgan fingerprint density at radius 3 is 2.23 bits per heavy atom. The largest absolute Gasteiger partial charge is 0.480 e. The van der Waals surface area contributed by atoms with Gasteiger partial charge in [0, 0.05) is 5.56 Å². The summed E-state index contributed by atoms with van der Waals surface area (Å²) in [5, 5.41) is 9.62. The Balaban J connectivity index is 1.91. The lowest BCUT2D eigenvalue weighted by atomic mass is 9.83. The first-order valence-corrected chi connectivity index (χ1v) is 9.45. The number of carboxylic acids is 1. The molecule has 1 aliphatic carbocycles. The van der Waals surface area contributed by atoms with Crippen molar-refractivity contribution in [1.82, 2.24) is 4.90 Å². The van der Waals surface area contributed by atoms with E-state index in [2.05, 4.69) is 27.7 Å². The van der Waals surface area contributed by atoms with Crippen LogP contribution in [-0.4, -0.2) is 40.3 Å². The summed E-state index contributed by atoms with van der Waals surface area (Å²) >= 11 is 0. The van der Waals surface area contributed by atoms with E-state index in [1.807, 2.05) is 12.1 Å². The van der Waals surface area contributed by atoms with Crippen molar-refractivity contribution in [1.29, 1.82) is 0 Å². The first kappa shape index (κ1) is 18.9. The summed E-state index contributed by atoms with van der Waals surface area (Å²) < 4.78 is 5.96. The Kier molecular flexibility index (Phi) is 4.86. The van der Waals surface area contributed by atoms with Gasteiger partial charge in [-0.1, -0.05) is 39.8 Å². The van der Waals surface area contributed by atoms with Crippen LogP contribution in [0, 0.1) is 5.92 Å². The molecule has 5 heteroatoms. The van der Waals surface area contributed by atoms with Crippen LogP contribution in [0.3, 0.4) is 0 Å². The molecule has 1 aromatic carbocycles. The lowest BCUT2D eigenvalue weighted by molar-refractivity contribution is -0.143. The molecule has 142 valence electrons. The zero-order valence-corrected chi connectivity index (χ0v) is 16.1. The van der Waals surface area contributed by atoms with Gasteiger partial charge >= 0.3 is 5.97 Å². The molecule has 1 saturated carbocycles. The summed E-state index contributed by atoms with van der Waals surface area (Å²) in [6.07, 6.45) is 3.28. The molecule has 3 rings (SSSR count). The topological polar surface area (TPSA) is 66.8 Å². The second-order valence-corrected chi connectivity index (χ2v) is 8.80. The predicted octanol–water partition coefficient (Wildman–Crippen LogP) is 3.82. The average Bonchev–Trinajstić information content (AvgIpc) is 2.96. The third-order valence-corrected chi connectivity index (χ3v) is 5.82. The normalized spacial score (nSPS) is 29.2. The fraction of sp³-hybridized carbons (Fsp3) is 0.619. The van der Waals surface area contributed by atoms with E-state index in [9.17, 15) is 14.7 Å². The van der Waals surface area contributed by atoms with E-state index in [1.165, 1.54) is 4.90 Å². The van der Waals surface area contributed by atoms with Gasteiger partial charge in [0.25, 0.3) is 5.91 Å². The minimum atomic E-state index is -1.000. The number of aliphatic carboxylic acids is 1. The predicted molar refractivity (Wildman–Crippen MR) is 99.1 cm³/mol. The van der Waals surface area contributed by atoms with E-state index in [0.717, 1.165) is 18.4 Å². The molecule has 1 saturated heterocycles. The number of carboxylic acid groups (broad SMARTS) is 1. The van der Waals surface area contributed by atoms with Gasteiger partial charge in [0.15, 0.2) is 6.04 Å². The minimum Gasteiger partial charge on any atom is -0.480 e. The van der Waals surface area contributed by atoms with Crippen LogP contribution < -0.4 is 0 Å². The molecule has 5 nitrogen and oxygen atoms in total. The standard InChI is InChI=1S/C21H29NO4/c1-14-9-11-21(12-10-14)22(17(13-26-21)19(24)25)18(23)15-5-7-16(8-6-15)20(2,3)4/h5-8,14,17H,9-13H2,1-4H3,(H,24,25). The van der Waals surface area contributed by atoms with Crippen LogP contribution >= 0.6 is 0 Å². The van der Waals surface area contributed by atoms with Crippen LogP contribution in [0.4, 0.5) is 0 Å². The summed E-state index contributed by atoms with van der Waals surface area (Å²) in [6, 6.07) is 6.60. The molecule has 1 heterocycles. The third-order valence-electron chi connectivity index (χ3n) is 5.82. The van der Waals surface area contributed by atoms with E-state index < -0.39 is 17.7 Å². The minimum absolute atomic E-state index is 0.00264. The van der Waals surface area contributed by atoms with Gasteiger partial charge in [0.1, 0.15) is 5.72 Å². The maximum Gasteiger partial charge on any atom is 0.328 e. The number of benzene rings is 1. The molecule has 1 spiro atoms. The summed E-state index contributed by atoms with van der Waals surface area (Å²) in [5.74, 6) is -0.666.